The van der Waals surface area contributed by atoms with Crippen molar-refractivity contribution in [1.82, 2.24) is 9.97 Å². The molecule has 192 valence electrons. The maximum absolute atomic E-state index is 12.4. The zero-order valence-electron chi connectivity index (χ0n) is 20.1. The molecule has 35 heavy (non-hydrogen) atoms. The Bertz CT molecular complexity index is 1230. The summed E-state index contributed by atoms with van der Waals surface area (Å²) in [7, 11) is 1.30. The van der Waals surface area contributed by atoms with Crippen molar-refractivity contribution in [3.8, 4) is 17.2 Å². The molecule has 0 aliphatic heterocycles. The fourth-order valence-corrected chi connectivity index (χ4v) is 4.04. The quantitative estimate of drug-likeness (QED) is 0.330. The largest absolute Gasteiger partial charge is 0.495 e. The third-order valence-electron chi connectivity index (χ3n) is 4.95. The first-order valence-corrected chi connectivity index (χ1v) is 12.3. The van der Waals surface area contributed by atoms with E-state index in [-0.39, 0.29) is 23.1 Å². The maximum Gasteiger partial charge on any atom is 0.178 e. The summed E-state index contributed by atoms with van der Waals surface area (Å²) in [6.45, 7) is 3.09. The predicted octanol–water partition coefficient (Wildman–Crippen LogP) is 3.65. The van der Waals surface area contributed by atoms with E-state index >= 15 is 0 Å². The normalized spacial score (nSPS) is 11.1. The molecule has 3 aromatic rings. The molecule has 0 saturated heterocycles. The predicted molar refractivity (Wildman–Crippen MR) is 136 cm³/mol. The average Bonchev–Trinajstić information content (AvgIpc) is 2.84. The number of ether oxygens (including phenoxy) is 5. The lowest BCUT2D eigenvalue weighted by molar-refractivity contribution is 0.132. The molecule has 0 amide bonds. The van der Waals surface area contributed by atoms with Gasteiger partial charge < -0.3 is 29.0 Å². The van der Waals surface area contributed by atoms with E-state index in [1.807, 2.05) is 0 Å². The van der Waals surface area contributed by atoms with Crippen LogP contribution in [-0.4, -0.2) is 71.9 Å². The first-order valence-electron chi connectivity index (χ1n) is 10.6. The smallest absolute Gasteiger partial charge is 0.178 e. The minimum atomic E-state index is -3.40. The average molecular weight is 528 g/mol. The van der Waals surface area contributed by atoms with Crippen LogP contribution in [0.1, 0.15) is 6.92 Å². The topological polar surface area (TPSA) is 118 Å². The van der Waals surface area contributed by atoms with Crippen LogP contribution < -0.4 is 19.5 Å². The van der Waals surface area contributed by atoms with Crippen molar-refractivity contribution in [1.29, 1.82) is 0 Å². The van der Waals surface area contributed by atoms with E-state index in [2.05, 4.69) is 15.3 Å². The molecule has 0 aliphatic rings. The van der Waals surface area contributed by atoms with Crippen LogP contribution in [0, 0.1) is 0 Å². The van der Waals surface area contributed by atoms with E-state index < -0.39 is 9.84 Å². The Morgan fingerprint density at radius 3 is 2.11 bits per heavy atom. The molecule has 1 N–H and O–H groups in total. The molecular formula is C23H30ClN3O7S. The fourth-order valence-electron chi connectivity index (χ4n) is 3.13. The highest BCUT2D eigenvalue weighted by Gasteiger charge is 2.17. The van der Waals surface area contributed by atoms with Crippen LogP contribution in [0.15, 0.2) is 41.6 Å². The number of halogens is 1. The minimum absolute atomic E-state index is 0. The van der Waals surface area contributed by atoms with Gasteiger partial charge in [-0.1, -0.05) is 6.92 Å². The van der Waals surface area contributed by atoms with Gasteiger partial charge in [0.15, 0.2) is 21.3 Å². The summed E-state index contributed by atoms with van der Waals surface area (Å²) in [5.41, 5.74) is 1.07. The van der Waals surface area contributed by atoms with Gasteiger partial charge in [0.25, 0.3) is 0 Å². The van der Waals surface area contributed by atoms with Crippen LogP contribution in [0.4, 0.5) is 11.5 Å². The molecule has 0 aliphatic carbocycles. The van der Waals surface area contributed by atoms with Crippen LogP contribution in [0.5, 0.6) is 17.2 Å². The maximum atomic E-state index is 12.4. The molecule has 2 aromatic carbocycles. The summed E-state index contributed by atoms with van der Waals surface area (Å²) in [5.74, 6) is 1.92. The van der Waals surface area contributed by atoms with Gasteiger partial charge in [-0.25, -0.2) is 18.4 Å². The van der Waals surface area contributed by atoms with Gasteiger partial charge >= 0.3 is 0 Å². The Morgan fingerprint density at radius 2 is 1.51 bits per heavy atom. The highest BCUT2D eigenvalue weighted by Crippen LogP contribution is 2.37. The molecule has 1 heterocycles. The van der Waals surface area contributed by atoms with Crippen molar-refractivity contribution in [2.75, 3.05) is 58.8 Å². The standard InChI is InChI=1S/C23H29N3O7S.ClH/c1-5-34(27,28)16-6-7-20(31-4)19(12-16)26-23-17-13-21(32-10-8-29-2)22(33-11-9-30-3)14-18(17)24-15-25-23;/h6-7,12-15H,5,8-11H2,1-4H3,(H,24,25,26);1H. The van der Waals surface area contributed by atoms with Gasteiger partial charge in [-0.15, -0.1) is 12.4 Å². The molecular weight excluding hydrogens is 498 g/mol. The molecule has 1 aromatic heterocycles. The highest BCUT2D eigenvalue weighted by atomic mass is 35.5. The van der Waals surface area contributed by atoms with Crippen LogP contribution in [0.2, 0.25) is 0 Å². The van der Waals surface area contributed by atoms with Gasteiger partial charge in [0.05, 0.1) is 42.2 Å². The number of nitrogens with one attached hydrogen (secondary N) is 1. The molecule has 0 saturated carbocycles. The van der Waals surface area contributed by atoms with E-state index in [0.717, 1.165) is 0 Å². The van der Waals surface area contributed by atoms with Crippen molar-refractivity contribution in [2.24, 2.45) is 0 Å². The second-order valence-electron chi connectivity index (χ2n) is 7.11. The number of benzene rings is 2. The van der Waals surface area contributed by atoms with Crippen LogP contribution in [-0.2, 0) is 19.3 Å². The van der Waals surface area contributed by atoms with Gasteiger partial charge in [0, 0.05) is 25.7 Å². The van der Waals surface area contributed by atoms with Crippen LogP contribution in [0.25, 0.3) is 10.9 Å². The zero-order chi connectivity index (χ0) is 24.6. The summed E-state index contributed by atoms with van der Waals surface area (Å²) >= 11 is 0. The summed E-state index contributed by atoms with van der Waals surface area (Å²) in [4.78, 5) is 8.91. The Morgan fingerprint density at radius 1 is 0.857 bits per heavy atom. The van der Waals surface area contributed by atoms with Crippen molar-refractivity contribution in [3.63, 3.8) is 0 Å². The lowest BCUT2D eigenvalue weighted by Gasteiger charge is -2.16. The van der Waals surface area contributed by atoms with Crippen LogP contribution in [0.3, 0.4) is 0 Å². The van der Waals surface area contributed by atoms with E-state index in [0.29, 0.717) is 66.1 Å². The van der Waals surface area contributed by atoms with Crippen LogP contribution >= 0.6 is 12.4 Å². The highest BCUT2D eigenvalue weighted by molar-refractivity contribution is 7.91. The second-order valence-corrected chi connectivity index (χ2v) is 9.39. The van der Waals surface area contributed by atoms with Crippen molar-refractivity contribution < 1.29 is 32.1 Å². The summed E-state index contributed by atoms with van der Waals surface area (Å²) < 4.78 is 52.0. The lowest BCUT2D eigenvalue weighted by Crippen LogP contribution is -2.09. The SMILES string of the molecule is CCS(=O)(=O)c1ccc(OC)c(Nc2ncnc3cc(OCCOC)c(OCCOC)cc23)c1.Cl. The summed E-state index contributed by atoms with van der Waals surface area (Å²) in [6.07, 6.45) is 1.41. The van der Waals surface area contributed by atoms with Gasteiger partial charge in [-0.05, 0) is 24.3 Å². The third kappa shape index (κ3) is 7.07. The first kappa shape index (κ1) is 28.4. The third-order valence-corrected chi connectivity index (χ3v) is 6.69. The number of sulfone groups is 1. The number of fused-ring (bicyclic) bond motifs is 1. The molecule has 0 fully saturated rings. The number of methoxy groups -OCH3 is 3. The fraction of sp³-hybridized carbons (Fsp3) is 0.391. The molecule has 0 bridgehead atoms. The number of rotatable bonds is 13. The Balaban J connectivity index is 0.00000432. The minimum Gasteiger partial charge on any atom is -0.495 e. The van der Waals surface area contributed by atoms with Crippen molar-refractivity contribution >= 4 is 44.7 Å². The number of aromatic nitrogens is 2. The summed E-state index contributed by atoms with van der Waals surface area (Å²) in [5, 5.41) is 3.84. The van der Waals surface area contributed by atoms with Gasteiger partial charge in [0.2, 0.25) is 0 Å². The number of hydrogen-bond donors (Lipinski definition) is 1. The van der Waals surface area contributed by atoms with Gasteiger partial charge in [-0.2, -0.15) is 0 Å². The Hall–Kier alpha value is -2.86. The molecule has 0 spiro atoms. The monoisotopic (exact) mass is 527 g/mol. The lowest BCUT2D eigenvalue weighted by atomic mass is 10.2. The molecule has 10 nitrogen and oxygen atoms in total. The molecule has 0 atom stereocenters. The van der Waals surface area contributed by atoms with Crippen molar-refractivity contribution in [2.45, 2.75) is 11.8 Å². The van der Waals surface area contributed by atoms with E-state index in [1.54, 1.807) is 39.3 Å². The second kappa shape index (κ2) is 13.3. The first-order chi connectivity index (χ1) is 16.4. The molecule has 3 rings (SSSR count). The van der Waals surface area contributed by atoms with E-state index in [9.17, 15) is 8.42 Å². The molecule has 0 radical (unpaired) electrons. The number of hydrogen-bond acceptors (Lipinski definition) is 10. The Labute approximate surface area is 211 Å². The molecule has 0 unspecified atom stereocenters. The van der Waals surface area contributed by atoms with Crippen molar-refractivity contribution in [3.05, 3.63) is 36.7 Å². The summed E-state index contributed by atoms with van der Waals surface area (Å²) in [6, 6.07) is 8.19. The van der Waals surface area contributed by atoms with Gasteiger partial charge in [0.1, 0.15) is 31.1 Å². The number of anilines is 2. The van der Waals surface area contributed by atoms with Gasteiger partial charge in [-0.3, -0.25) is 0 Å². The Kier molecular flexibility index (Phi) is 10.8. The zero-order valence-corrected chi connectivity index (χ0v) is 21.7. The van der Waals surface area contributed by atoms with E-state index in [1.165, 1.54) is 25.6 Å². The van der Waals surface area contributed by atoms with E-state index in [4.69, 9.17) is 23.7 Å². The number of nitrogens with zero attached hydrogens (tertiary/aromatic N) is 2. The molecule has 12 heteroatoms.